The molecule has 5 aromatic heterocycles. The quantitative estimate of drug-likeness (QED) is 0.166. The molecule has 0 unspecified atom stereocenters. The van der Waals surface area contributed by atoms with Crippen molar-refractivity contribution in [3.8, 4) is 17.1 Å². The summed E-state index contributed by atoms with van der Waals surface area (Å²) in [6, 6.07) is 59.2. The van der Waals surface area contributed by atoms with Crippen LogP contribution in [0.15, 0.2) is 146 Å². The topological polar surface area (TPSA) is 49.4 Å². The van der Waals surface area contributed by atoms with E-state index < -0.39 is 0 Å². The van der Waals surface area contributed by atoms with Gasteiger partial charge in [-0.2, -0.15) is 12.1 Å². The molecule has 0 aliphatic carbocycles. The maximum Gasteiger partial charge on any atom is 2.00 e. The van der Waals surface area contributed by atoms with Crippen LogP contribution in [0.25, 0.3) is 94.6 Å². The monoisotopic (exact) mass is 902 g/mol. The second-order valence-electron chi connectivity index (χ2n) is 15.5. The van der Waals surface area contributed by atoms with Gasteiger partial charge < -0.3 is 13.7 Å². The predicted octanol–water partition coefficient (Wildman–Crippen LogP) is 11.2. The van der Waals surface area contributed by atoms with E-state index in [1.54, 1.807) is 0 Å². The molecule has 0 fully saturated rings. The van der Waals surface area contributed by atoms with Gasteiger partial charge in [0.25, 0.3) is 0 Å². The number of benzene rings is 7. The van der Waals surface area contributed by atoms with E-state index in [9.17, 15) is 0 Å². The first kappa shape index (κ1) is 33.0. The average molecular weight is 903 g/mol. The molecule has 7 aromatic carbocycles. The fourth-order valence-corrected chi connectivity index (χ4v) is 8.67. The van der Waals surface area contributed by atoms with Crippen LogP contribution < -0.4 is 0 Å². The van der Waals surface area contributed by atoms with E-state index in [1.165, 1.54) is 5.56 Å². The van der Waals surface area contributed by atoms with Gasteiger partial charge in [0.15, 0.2) is 0 Å². The molecule has 0 aliphatic heterocycles. The Bertz CT molecular complexity index is 3550. The number of nitrogens with zero attached hydrogens (tertiary/aromatic N) is 7. The molecule has 0 bridgehead atoms. The first-order valence-corrected chi connectivity index (χ1v) is 18.7. The Kier molecular flexibility index (Phi) is 6.93. The zero-order valence-corrected chi connectivity index (χ0v) is 33.1. The fourth-order valence-electron chi connectivity index (χ4n) is 8.67. The van der Waals surface area contributed by atoms with Crippen molar-refractivity contribution in [2.45, 2.75) is 26.2 Å². The summed E-state index contributed by atoms with van der Waals surface area (Å²) in [5.41, 5.74) is 14.6. The second kappa shape index (κ2) is 11.8. The Hall–Kier alpha value is -6.43. The molecular weight excluding hydrogens is 870 g/mol. The molecular formula is C48H33N7Pt. The van der Waals surface area contributed by atoms with Gasteiger partial charge in [-0.25, -0.2) is 9.97 Å². The maximum absolute atomic E-state index is 5.28. The van der Waals surface area contributed by atoms with Crippen LogP contribution in [0.4, 0.5) is 0 Å². The number of aromatic nitrogens is 7. The van der Waals surface area contributed by atoms with Gasteiger partial charge in [0.05, 0.1) is 44.1 Å². The minimum Gasteiger partial charge on any atom is -0.358 e. The smallest absolute Gasteiger partial charge is 0.358 e. The van der Waals surface area contributed by atoms with E-state index in [-0.39, 0.29) is 26.5 Å². The summed E-state index contributed by atoms with van der Waals surface area (Å²) in [7, 11) is 0. The molecule has 12 aromatic rings. The maximum atomic E-state index is 5.28. The molecule has 8 heteroatoms. The normalized spacial score (nSPS) is 12.4. The summed E-state index contributed by atoms with van der Waals surface area (Å²) < 4.78 is 11.3. The fraction of sp³-hybridized carbons (Fsp3) is 0.0833. The Morgan fingerprint density at radius 2 is 0.964 bits per heavy atom. The Labute approximate surface area is 335 Å². The molecule has 12 rings (SSSR count). The molecule has 0 saturated carbocycles. The van der Waals surface area contributed by atoms with Crippen LogP contribution in [0.3, 0.4) is 0 Å². The van der Waals surface area contributed by atoms with Crippen LogP contribution in [0, 0.1) is 12.1 Å². The molecule has 56 heavy (non-hydrogen) atoms. The van der Waals surface area contributed by atoms with Crippen molar-refractivity contribution in [3.05, 3.63) is 163 Å². The molecule has 7 nitrogen and oxygen atoms in total. The van der Waals surface area contributed by atoms with E-state index in [1.807, 2.05) is 6.07 Å². The van der Waals surface area contributed by atoms with E-state index >= 15 is 0 Å². The molecule has 0 aliphatic rings. The number of hydrogen-bond acceptors (Lipinski definition) is 2. The van der Waals surface area contributed by atoms with Gasteiger partial charge in [0.2, 0.25) is 11.6 Å². The largest absolute Gasteiger partial charge is 2.00 e. The summed E-state index contributed by atoms with van der Waals surface area (Å²) in [5, 5.41) is 2.29. The van der Waals surface area contributed by atoms with Gasteiger partial charge in [-0.3, -0.25) is 8.80 Å². The third kappa shape index (κ3) is 4.49. The van der Waals surface area contributed by atoms with Gasteiger partial charge in [0, 0.05) is 5.52 Å². The van der Waals surface area contributed by atoms with E-state index in [2.05, 4.69) is 195 Å². The van der Waals surface area contributed by atoms with E-state index in [0.29, 0.717) is 0 Å². The minimum absolute atomic E-state index is 0. The summed E-state index contributed by atoms with van der Waals surface area (Å²) >= 11 is 0. The van der Waals surface area contributed by atoms with Crippen molar-refractivity contribution in [3.63, 3.8) is 0 Å². The second-order valence-corrected chi connectivity index (χ2v) is 15.5. The summed E-state index contributed by atoms with van der Waals surface area (Å²) in [4.78, 5) is 10.4. The zero-order chi connectivity index (χ0) is 36.6. The van der Waals surface area contributed by atoms with Crippen LogP contribution in [0.5, 0.6) is 0 Å². The third-order valence-corrected chi connectivity index (χ3v) is 11.2. The molecule has 0 spiro atoms. The minimum atomic E-state index is 0. The Morgan fingerprint density at radius 3 is 1.64 bits per heavy atom. The molecule has 0 saturated heterocycles. The molecule has 5 heterocycles. The zero-order valence-electron chi connectivity index (χ0n) is 30.8. The van der Waals surface area contributed by atoms with Crippen molar-refractivity contribution in [2.24, 2.45) is 0 Å². The van der Waals surface area contributed by atoms with Crippen molar-refractivity contribution in [1.29, 1.82) is 0 Å². The van der Waals surface area contributed by atoms with Crippen LogP contribution in [0.2, 0.25) is 0 Å². The molecule has 0 N–H and O–H groups in total. The van der Waals surface area contributed by atoms with Crippen molar-refractivity contribution in [2.75, 3.05) is 0 Å². The van der Waals surface area contributed by atoms with Crippen molar-refractivity contribution in [1.82, 2.24) is 32.5 Å². The average Bonchev–Trinajstić information content (AvgIpc) is 3.99. The van der Waals surface area contributed by atoms with Crippen LogP contribution in [-0.2, 0) is 26.5 Å². The number of rotatable bonds is 3. The standard InChI is InChI=1S/C48H33N7.Pt/c1-48(2,3)30-23-26-40-37(27-30)50-47-52(41-19-8-11-22-44(41)55(40)47)32-14-12-13-31(28-32)51-38-17-6-4-15-34(38)35-25-24-33(29-45(35)51)53-42-20-9-10-21-43(42)54-39-18-7-5-16-36(39)49-46(53)54;/h4-27H,1-3H3;/q-2;+2. The molecule has 0 amide bonds. The summed E-state index contributed by atoms with van der Waals surface area (Å²) in [5.74, 6) is 1.72. The van der Waals surface area contributed by atoms with Crippen LogP contribution in [0.1, 0.15) is 26.3 Å². The van der Waals surface area contributed by atoms with Gasteiger partial charge >= 0.3 is 21.1 Å². The summed E-state index contributed by atoms with van der Waals surface area (Å²) in [6.07, 6.45) is 0. The van der Waals surface area contributed by atoms with Gasteiger partial charge in [-0.15, -0.1) is 35.7 Å². The number of imidazole rings is 4. The number of fused-ring (bicyclic) bond motifs is 13. The van der Waals surface area contributed by atoms with Crippen LogP contribution >= 0.6 is 0 Å². The first-order chi connectivity index (χ1) is 26.9. The Balaban J connectivity index is 0.00000363. The Morgan fingerprint density at radius 1 is 0.429 bits per heavy atom. The number of hydrogen-bond donors (Lipinski definition) is 0. The van der Waals surface area contributed by atoms with Crippen molar-refractivity contribution < 1.29 is 21.1 Å². The van der Waals surface area contributed by atoms with Gasteiger partial charge in [-0.05, 0) is 71.0 Å². The van der Waals surface area contributed by atoms with Crippen molar-refractivity contribution >= 4 is 77.5 Å². The van der Waals surface area contributed by atoms with Gasteiger partial charge in [-0.1, -0.05) is 104 Å². The first-order valence-electron chi connectivity index (χ1n) is 18.7. The molecule has 0 radical (unpaired) electrons. The SMILES string of the molecule is CC(C)(C)c1ccc2c(c1)nc1n(-c3[c-]c(-n4c5[c-]c(-n6c7ccccc7n7c8ccccc8nc67)ccc5c5ccccc54)ccc3)c3ccccc3n21.[Pt+2]. The van der Waals surface area contributed by atoms with E-state index in [4.69, 9.17) is 9.97 Å². The van der Waals surface area contributed by atoms with Crippen LogP contribution in [-0.4, -0.2) is 32.5 Å². The predicted molar refractivity (Wildman–Crippen MR) is 223 cm³/mol. The van der Waals surface area contributed by atoms with Gasteiger partial charge in [0.1, 0.15) is 0 Å². The summed E-state index contributed by atoms with van der Waals surface area (Å²) in [6.45, 7) is 6.74. The van der Waals surface area contributed by atoms with E-state index in [0.717, 1.165) is 94.6 Å². The number of para-hydroxylation sites is 7. The molecule has 270 valence electrons. The molecule has 0 atom stereocenters. The third-order valence-electron chi connectivity index (χ3n) is 11.2.